The highest BCUT2D eigenvalue weighted by molar-refractivity contribution is 5.44. The molecule has 0 spiro atoms. The molecule has 0 radical (unpaired) electrons. The zero-order valence-electron chi connectivity index (χ0n) is 8.72. The van der Waals surface area contributed by atoms with Gasteiger partial charge < -0.3 is 5.11 Å². The lowest BCUT2D eigenvalue weighted by molar-refractivity contribution is 0.466. The van der Waals surface area contributed by atoms with Gasteiger partial charge in [-0.1, -0.05) is 26.3 Å². The minimum absolute atomic E-state index is 0.462. The summed E-state index contributed by atoms with van der Waals surface area (Å²) < 4.78 is 0. The molecule has 0 aromatic heterocycles. The van der Waals surface area contributed by atoms with Gasteiger partial charge in [0.2, 0.25) is 0 Å². The van der Waals surface area contributed by atoms with Gasteiger partial charge in [-0.2, -0.15) is 0 Å². The van der Waals surface area contributed by atoms with Crippen molar-refractivity contribution in [3.63, 3.8) is 0 Å². The number of benzene rings is 1. The third kappa shape index (κ3) is 2.03. The van der Waals surface area contributed by atoms with Gasteiger partial charge in [0.15, 0.2) is 0 Å². The predicted octanol–water partition coefficient (Wildman–Crippen LogP) is 3.22. The number of hydrogen-bond donors (Lipinski definition) is 1. The first kappa shape index (κ1) is 10.1. The number of phenols is 1. The number of aryl methyl sites for hydroxylation is 1. The van der Waals surface area contributed by atoms with Crippen LogP contribution in [0.25, 0.3) is 0 Å². The van der Waals surface area contributed by atoms with Crippen LogP contribution in [0.4, 0.5) is 0 Å². The maximum atomic E-state index is 9.68. The van der Waals surface area contributed by atoms with Gasteiger partial charge in [0.25, 0.3) is 0 Å². The lowest BCUT2D eigenvalue weighted by Gasteiger charge is -2.11. The Kier molecular flexibility index (Phi) is 3.35. The molecule has 1 nitrogen and oxygen atoms in total. The van der Waals surface area contributed by atoms with Crippen molar-refractivity contribution in [3.8, 4) is 5.75 Å². The molecule has 0 saturated carbocycles. The summed E-state index contributed by atoms with van der Waals surface area (Å²) in [5, 5.41) is 9.68. The normalized spacial score (nSPS) is 10.4. The van der Waals surface area contributed by atoms with E-state index in [2.05, 4.69) is 20.8 Å². The topological polar surface area (TPSA) is 20.2 Å². The highest BCUT2D eigenvalue weighted by Gasteiger charge is 2.07. The summed E-state index contributed by atoms with van der Waals surface area (Å²) in [6.07, 6.45) is 3.08. The molecule has 0 fully saturated rings. The zero-order valence-corrected chi connectivity index (χ0v) is 8.72. The SMILES string of the molecule is CCCc1c(O)ccc(C)c1CC. The van der Waals surface area contributed by atoms with E-state index in [1.807, 2.05) is 6.07 Å². The van der Waals surface area contributed by atoms with Gasteiger partial charge in [0.1, 0.15) is 5.75 Å². The minimum atomic E-state index is 0.462. The first-order valence-corrected chi connectivity index (χ1v) is 5.01. The van der Waals surface area contributed by atoms with Crippen molar-refractivity contribution in [1.82, 2.24) is 0 Å². The summed E-state index contributed by atoms with van der Waals surface area (Å²) in [5.41, 5.74) is 3.76. The maximum Gasteiger partial charge on any atom is 0.119 e. The van der Waals surface area contributed by atoms with E-state index in [0.29, 0.717) is 5.75 Å². The molecule has 0 unspecified atom stereocenters. The molecule has 0 amide bonds. The second-order valence-corrected chi connectivity index (χ2v) is 3.46. The Balaban J connectivity index is 3.18. The van der Waals surface area contributed by atoms with Crippen molar-refractivity contribution in [2.75, 3.05) is 0 Å². The second kappa shape index (κ2) is 4.31. The van der Waals surface area contributed by atoms with Gasteiger partial charge in [-0.15, -0.1) is 0 Å². The molecular formula is C12H18O. The Labute approximate surface area is 80.4 Å². The molecule has 0 bridgehead atoms. The molecule has 1 N–H and O–H groups in total. The Morgan fingerprint density at radius 1 is 1.15 bits per heavy atom. The molecule has 72 valence electrons. The quantitative estimate of drug-likeness (QED) is 0.753. The van der Waals surface area contributed by atoms with Crippen LogP contribution >= 0.6 is 0 Å². The minimum Gasteiger partial charge on any atom is -0.508 e. The summed E-state index contributed by atoms with van der Waals surface area (Å²) in [4.78, 5) is 0. The average molecular weight is 178 g/mol. The van der Waals surface area contributed by atoms with Gasteiger partial charge in [-0.3, -0.25) is 0 Å². The second-order valence-electron chi connectivity index (χ2n) is 3.46. The Morgan fingerprint density at radius 2 is 1.85 bits per heavy atom. The van der Waals surface area contributed by atoms with E-state index >= 15 is 0 Å². The molecule has 0 saturated heterocycles. The first-order chi connectivity index (χ1) is 6.20. The van der Waals surface area contributed by atoms with Crippen molar-refractivity contribution in [2.45, 2.75) is 40.0 Å². The summed E-state index contributed by atoms with van der Waals surface area (Å²) in [6, 6.07) is 3.80. The van der Waals surface area contributed by atoms with Crippen LogP contribution in [0.15, 0.2) is 12.1 Å². The summed E-state index contributed by atoms with van der Waals surface area (Å²) >= 11 is 0. The van der Waals surface area contributed by atoms with Crippen LogP contribution in [-0.2, 0) is 12.8 Å². The molecule has 0 aliphatic carbocycles. The average Bonchev–Trinajstić information content (AvgIpc) is 2.12. The lowest BCUT2D eigenvalue weighted by atomic mass is 9.96. The molecule has 0 atom stereocenters. The fourth-order valence-electron chi connectivity index (χ4n) is 1.82. The molecule has 1 heteroatoms. The Morgan fingerprint density at radius 3 is 2.38 bits per heavy atom. The summed E-state index contributed by atoms with van der Waals surface area (Å²) in [5.74, 6) is 0.462. The number of hydrogen-bond acceptors (Lipinski definition) is 1. The molecule has 13 heavy (non-hydrogen) atoms. The fourth-order valence-corrected chi connectivity index (χ4v) is 1.82. The van der Waals surface area contributed by atoms with Crippen LogP contribution in [0.3, 0.4) is 0 Å². The van der Waals surface area contributed by atoms with Crippen molar-refractivity contribution in [2.24, 2.45) is 0 Å². The van der Waals surface area contributed by atoms with Crippen molar-refractivity contribution < 1.29 is 5.11 Å². The Hall–Kier alpha value is -0.980. The van der Waals surface area contributed by atoms with Gasteiger partial charge in [0.05, 0.1) is 0 Å². The zero-order chi connectivity index (χ0) is 9.84. The number of aromatic hydroxyl groups is 1. The van der Waals surface area contributed by atoms with E-state index < -0.39 is 0 Å². The van der Waals surface area contributed by atoms with E-state index in [-0.39, 0.29) is 0 Å². The first-order valence-electron chi connectivity index (χ1n) is 5.01. The maximum absolute atomic E-state index is 9.68. The summed E-state index contributed by atoms with van der Waals surface area (Å²) in [6.45, 7) is 6.39. The van der Waals surface area contributed by atoms with Crippen molar-refractivity contribution in [1.29, 1.82) is 0 Å². The number of rotatable bonds is 3. The van der Waals surface area contributed by atoms with Crippen LogP contribution in [0.2, 0.25) is 0 Å². The van der Waals surface area contributed by atoms with Crippen LogP contribution in [0.5, 0.6) is 5.75 Å². The molecule has 1 rings (SSSR count). The van der Waals surface area contributed by atoms with Crippen molar-refractivity contribution in [3.05, 3.63) is 28.8 Å². The van der Waals surface area contributed by atoms with Gasteiger partial charge in [-0.25, -0.2) is 0 Å². The van der Waals surface area contributed by atoms with E-state index in [9.17, 15) is 5.11 Å². The van der Waals surface area contributed by atoms with Crippen LogP contribution in [-0.4, -0.2) is 5.11 Å². The molecule has 0 aliphatic rings. The summed E-state index contributed by atoms with van der Waals surface area (Å²) in [7, 11) is 0. The van der Waals surface area contributed by atoms with Gasteiger partial charge >= 0.3 is 0 Å². The van der Waals surface area contributed by atoms with Crippen molar-refractivity contribution >= 4 is 0 Å². The predicted molar refractivity (Wildman–Crippen MR) is 56.2 cm³/mol. The lowest BCUT2D eigenvalue weighted by Crippen LogP contribution is -1.96. The van der Waals surface area contributed by atoms with Gasteiger partial charge in [-0.05, 0) is 42.5 Å². The van der Waals surface area contributed by atoms with Crippen LogP contribution < -0.4 is 0 Å². The highest BCUT2D eigenvalue weighted by atomic mass is 16.3. The van der Waals surface area contributed by atoms with E-state index in [0.717, 1.165) is 24.8 Å². The van der Waals surface area contributed by atoms with E-state index in [1.54, 1.807) is 6.07 Å². The standard InChI is InChI=1S/C12H18O/c1-4-6-11-10(5-2)9(3)7-8-12(11)13/h7-8,13H,4-6H2,1-3H3. The third-order valence-electron chi connectivity index (χ3n) is 2.49. The molecule has 0 heterocycles. The molecule has 0 aliphatic heterocycles. The smallest absolute Gasteiger partial charge is 0.119 e. The molecule has 1 aromatic rings. The largest absolute Gasteiger partial charge is 0.508 e. The van der Waals surface area contributed by atoms with E-state index in [4.69, 9.17) is 0 Å². The fraction of sp³-hybridized carbons (Fsp3) is 0.500. The Bertz CT molecular complexity index is 289. The number of phenolic OH excluding ortho intramolecular Hbond substituents is 1. The molecule has 1 aromatic carbocycles. The van der Waals surface area contributed by atoms with Crippen LogP contribution in [0, 0.1) is 6.92 Å². The third-order valence-corrected chi connectivity index (χ3v) is 2.49. The monoisotopic (exact) mass is 178 g/mol. The van der Waals surface area contributed by atoms with E-state index in [1.165, 1.54) is 11.1 Å². The van der Waals surface area contributed by atoms with Gasteiger partial charge in [0, 0.05) is 0 Å². The molecular weight excluding hydrogens is 160 g/mol. The highest BCUT2D eigenvalue weighted by Crippen LogP contribution is 2.25. The van der Waals surface area contributed by atoms with Crippen LogP contribution in [0.1, 0.15) is 37.0 Å².